The fourth-order valence-electron chi connectivity index (χ4n) is 1.91. The first-order valence-electron chi connectivity index (χ1n) is 7.23. The molecule has 0 aliphatic rings. The highest BCUT2D eigenvalue weighted by Gasteiger charge is 1.96. The van der Waals surface area contributed by atoms with E-state index in [9.17, 15) is 0 Å². The number of allylic oxidation sites excluding steroid dienone is 1. The minimum atomic E-state index is 0.613. The summed E-state index contributed by atoms with van der Waals surface area (Å²) in [5.74, 6) is 0.919. The van der Waals surface area contributed by atoms with Crippen molar-refractivity contribution in [1.29, 1.82) is 0 Å². The van der Waals surface area contributed by atoms with Crippen molar-refractivity contribution in [2.24, 2.45) is 0 Å². The molecule has 104 valence electrons. The second-order valence-electron chi connectivity index (χ2n) is 5.03. The summed E-state index contributed by atoms with van der Waals surface area (Å²) in [6, 6.07) is 16.7. The van der Waals surface area contributed by atoms with E-state index >= 15 is 0 Å². The Hall–Kier alpha value is -2.02. The van der Waals surface area contributed by atoms with E-state index < -0.39 is 0 Å². The van der Waals surface area contributed by atoms with E-state index in [1.807, 2.05) is 12.1 Å². The van der Waals surface area contributed by atoms with Crippen LogP contribution in [0.1, 0.15) is 36.5 Å². The van der Waals surface area contributed by atoms with E-state index in [0.717, 1.165) is 12.2 Å². The molecular formula is C19H22O. The molecule has 0 amide bonds. The standard InChI is InChI=1S/C19H22O/c1-3-4-5-6-17-9-11-18(12-10-17)15-20-19-13-7-16(2)8-14-19/h5-14H,3-4,15H2,1-2H3. The number of ether oxygens (including phenoxy) is 1. The number of aryl methyl sites for hydroxylation is 1. The summed E-state index contributed by atoms with van der Waals surface area (Å²) in [4.78, 5) is 0. The van der Waals surface area contributed by atoms with Gasteiger partial charge in [0.05, 0.1) is 0 Å². The van der Waals surface area contributed by atoms with E-state index in [4.69, 9.17) is 4.74 Å². The molecule has 0 bridgehead atoms. The third kappa shape index (κ3) is 4.58. The van der Waals surface area contributed by atoms with Gasteiger partial charge >= 0.3 is 0 Å². The Morgan fingerprint density at radius 2 is 1.65 bits per heavy atom. The van der Waals surface area contributed by atoms with Crippen LogP contribution in [0.4, 0.5) is 0 Å². The molecule has 1 heteroatoms. The molecule has 0 aliphatic carbocycles. The van der Waals surface area contributed by atoms with Crippen molar-refractivity contribution in [2.75, 3.05) is 0 Å². The number of benzene rings is 2. The van der Waals surface area contributed by atoms with Gasteiger partial charge in [0.1, 0.15) is 12.4 Å². The maximum Gasteiger partial charge on any atom is 0.119 e. The first-order chi connectivity index (χ1) is 9.78. The van der Waals surface area contributed by atoms with Gasteiger partial charge in [-0.2, -0.15) is 0 Å². The quantitative estimate of drug-likeness (QED) is 0.681. The van der Waals surface area contributed by atoms with Crippen LogP contribution in [-0.2, 0) is 6.61 Å². The highest BCUT2D eigenvalue weighted by Crippen LogP contribution is 2.14. The van der Waals surface area contributed by atoms with E-state index in [1.54, 1.807) is 0 Å². The molecule has 0 radical (unpaired) electrons. The minimum absolute atomic E-state index is 0.613. The zero-order valence-corrected chi connectivity index (χ0v) is 12.3. The predicted molar refractivity (Wildman–Crippen MR) is 85.9 cm³/mol. The lowest BCUT2D eigenvalue weighted by Crippen LogP contribution is -1.95. The fourth-order valence-corrected chi connectivity index (χ4v) is 1.91. The van der Waals surface area contributed by atoms with Gasteiger partial charge in [-0.3, -0.25) is 0 Å². The average Bonchev–Trinajstić information content (AvgIpc) is 2.48. The Morgan fingerprint density at radius 3 is 2.30 bits per heavy atom. The van der Waals surface area contributed by atoms with Crippen LogP contribution in [0, 0.1) is 6.92 Å². The highest BCUT2D eigenvalue weighted by atomic mass is 16.5. The van der Waals surface area contributed by atoms with Crippen LogP contribution in [0.25, 0.3) is 6.08 Å². The number of rotatable bonds is 6. The van der Waals surface area contributed by atoms with E-state index in [0.29, 0.717) is 6.61 Å². The minimum Gasteiger partial charge on any atom is -0.489 e. The van der Waals surface area contributed by atoms with Crippen LogP contribution in [0.5, 0.6) is 5.75 Å². The molecule has 20 heavy (non-hydrogen) atoms. The first kappa shape index (κ1) is 14.4. The predicted octanol–water partition coefficient (Wildman–Crippen LogP) is 5.39. The molecule has 0 saturated carbocycles. The summed E-state index contributed by atoms with van der Waals surface area (Å²) in [5.41, 5.74) is 3.69. The highest BCUT2D eigenvalue weighted by molar-refractivity contribution is 5.49. The smallest absolute Gasteiger partial charge is 0.119 e. The molecule has 0 saturated heterocycles. The zero-order chi connectivity index (χ0) is 14.2. The van der Waals surface area contributed by atoms with Crippen LogP contribution >= 0.6 is 0 Å². The van der Waals surface area contributed by atoms with E-state index in [1.165, 1.54) is 23.1 Å². The van der Waals surface area contributed by atoms with Crippen LogP contribution in [0.3, 0.4) is 0 Å². The van der Waals surface area contributed by atoms with Crippen molar-refractivity contribution in [3.8, 4) is 5.75 Å². The molecule has 0 aliphatic heterocycles. The molecule has 0 heterocycles. The fraction of sp³-hybridized carbons (Fsp3) is 0.263. The molecule has 0 fully saturated rings. The maximum absolute atomic E-state index is 5.77. The second kappa shape index (κ2) is 7.54. The third-order valence-electron chi connectivity index (χ3n) is 3.17. The molecule has 0 spiro atoms. The number of hydrogen-bond acceptors (Lipinski definition) is 1. The van der Waals surface area contributed by atoms with Gasteiger partial charge in [-0.25, -0.2) is 0 Å². The van der Waals surface area contributed by atoms with Crippen molar-refractivity contribution < 1.29 is 4.74 Å². The molecule has 0 aromatic heterocycles. The summed E-state index contributed by atoms with van der Waals surface area (Å²) in [6.45, 7) is 4.88. The van der Waals surface area contributed by atoms with Crippen molar-refractivity contribution >= 4 is 6.08 Å². The van der Waals surface area contributed by atoms with Crippen molar-refractivity contribution in [1.82, 2.24) is 0 Å². The summed E-state index contributed by atoms with van der Waals surface area (Å²) in [5, 5.41) is 0. The normalized spacial score (nSPS) is 10.9. The van der Waals surface area contributed by atoms with Gasteiger partial charge in [-0.05, 0) is 36.6 Å². The first-order valence-corrected chi connectivity index (χ1v) is 7.23. The molecule has 2 rings (SSSR count). The van der Waals surface area contributed by atoms with Crippen molar-refractivity contribution in [3.05, 3.63) is 71.3 Å². The Balaban J connectivity index is 1.89. The van der Waals surface area contributed by atoms with E-state index in [2.05, 4.69) is 62.4 Å². The largest absolute Gasteiger partial charge is 0.489 e. The summed E-state index contributed by atoms with van der Waals surface area (Å²) in [7, 11) is 0. The number of hydrogen-bond donors (Lipinski definition) is 0. The van der Waals surface area contributed by atoms with Crippen molar-refractivity contribution in [2.45, 2.75) is 33.3 Å². The Kier molecular flexibility index (Phi) is 5.43. The summed E-state index contributed by atoms with van der Waals surface area (Å²) >= 11 is 0. The monoisotopic (exact) mass is 266 g/mol. The zero-order valence-electron chi connectivity index (χ0n) is 12.3. The molecular weight excluding hydrogens is 244 g/mol. The van der Waals surface area contributed by atoms with Gasteiger partial charge in [0, 0.05) is 0 Å². The second-order valence-corrected chi connectivity index (χ2v) is 5.03. The lowest BCUT2D eigenvalue weighted by atomic mass is 10.1. The van der Waals surface area contributed by atoms with Crippen LogP contribution < -0.4 is 4.74 Å². The molecule has 2 aromatic rings. The average molecular weight is 266 g/mol. The van der Waals surface area contributed by atoms with Crippen LogP contribution in [0.2, 0.25) is 0 Å². The Labute approximate surface area is 121 Å². The lowest BCUT2D eigenvalue weighted by Gasteiger charge is -2.06. The summed E-state index contributed by atoms with van der Waals surface area (Å²) < 4.78 is 5.77. The van der Waals surface area contributed by atoms with Gasteiger partial charge in [0.25, 0.3) is 0 Å². The molecule has 2 aromatic carbocycles. The van der Waals surface area contributed by atoms with Gasteiger partial charge in [-0.1, -0.05) is 67.5 Å². The summed E-state index contributed by atoms with van der Waals surface area (Å²) in [6.07, 6.45) is 6.73. The molecule has 1 nitrogen and oxygen atoms in total. The van der Waals surface area contributed by atoms with E-state index in [-0.39, 0.29) is 0 Å². The SMILES string of the molecule is CCCC=Cc1ccc(COc2ccc(C)cc2)cc1. The van der Waals surface area contributed by atoms with Crippen molar-refractivity contribution in [3.63, 3.8) is 0 Å². The van der Waals surface area contributed by atoms with Gasteiger partial charge < -0.3 is 4.74 Å². The lowest BCUT2D eigenvalue weighted by molar-refractivity contribution is 0.306. The topological polar surface area (TPSA) is 9.23 Å². The molecule has 0 unspecified atom stereocenters. The Bertz CT molecular complexity index is 535. The molecule has 0 N–H and O–H groups in total. The van der Waals surface area contributed by atoms with Gasteiger partial charge in [0.2, 0.25) is 0 Å². The maximum atomic E-state index is 5.77. The van der Waals surface area contributed by atoms with Gasteiger partial charge in [0.15, 0.2) is 0 Å². The third-order valence-corrected chi connectivity index (χ3v) is 3.17. The van der Waals surface area contributed by atoms with Crippen LogP contribution in [-0.4, -0.2) is 0 Å². The van der Waals surface area contributed by atoms with Crippen LogP contribution in [0.15, 0.2) is 54.6 Å². The van der Waals surface area contributed by atoms with Gasteiger partial charge in [-0.15, -0.1) is 0 Å². The number of unbranched alkanes of at least 4 members (excludes halogenated alkanes) is 1. The Morgan fingerprint density at radius 1 is 0.950 bits per heavy atom. The molecule has 0 atom stereocenters.